The van der Waals surface area contributed by atoms with Gasteiger partial charge in [-0.2, -0.15) is 6.07 Å². The Kier molecular flexibility index (Phi) is 14.0. The number of ether oxygens (including phenoxy) is 1. The van der Waals surface area contributed by atoms with Crippen LogP contribution >= 0.6 is 0 Å². The summed E-state index contributed by atoms with van der Waals surface area (Å²) in [6, 6.07) is 73.8. The van der Waals surface area contributed by atoms with E-state index < -0.39 is 5.41 Å². The minimum Gasteiger partial charge on any atom is -0.509 e. The van der Waals surface area contributed by atoms with Crippen LogP contribution in [0.5, 0.6) is 11.5 Å². The van der Waals surface area contributed by atoms with Crippen LogP contribution in [0.4, 0.5) is 22.7 Å². The zero-order valence-corrected chi connectivity index (χ0v) is 49.8. The third-order valence-corrected chi connectivity index (χ3v) is 16.0. The third kappa shape index (κ3) is 10.2. The molecule has 0 fully saturated rings. The SMILES string of the molecule is CC(C)(C)c1cc(-c2ccccc2)cc(N2[CH-]N(c3[c-]c(Oc4[c-]c5c(cc4)c4cc(C(C)(C)C)ccc4n5-c4cc(C(C)(C)C)ccn4)cc(C(C)(C)c4ccccc4)c3)c3ccc(C(C)(C)c4ccccc4)cc32)c1.[Pt]. The van der Waals surface area contributed by atoms with Crippen LogP contribution in [0, 0.1) is 18.8 Å². The minimum absolute atomic E-state index is 0. The second kappa shape index (κ2) is 20.2. The number of rotatable bonds is 10. The smallest absolute Gasteiger partial charge is 0.135 e. The van der Waals surface area contributed by atoms with Crippen molar-refractivity contribution in [1.29, 1.82) is 0 Å². The summed E-state index contributed by atoms with van der Waals surface area (Å²) < 4.78 is 9.38. The van der Waals surface area contributed by atoms with Crippen molar-refractivity contribution in [3.05, 3.63) is 246 Å². The van der Waals surface area contributed by atoms with E-state index in [1.165, 1.54) is 44.5 Å². The maximum absolute atomic E-state index is 7.13. The van der Waals surface area contributed by atoms with E-state index in [1.807, 2.05) is 6.20 Å². The first-order chi connectivity index (χ1) is 36.5. The molecule has 11 rings (SSSR count). The molecule has 78 heavy (non-hydrogen) atoms. The first-order valence-corrected chi connectivity index (χ1v) is 27.2. The monoisotopic (exact) mass is 1200 g/mol. The molecule has 6 heteroatoms. The fraction of sp³-hybridized carbons (Fsp3) is 0.250. The van der Waals surface area contributed by atoms with E-state index in [1.54, 1.807) is 0 Å². The molecule has 0 saturated carbocycles. The van der Waals surface area contributed by atoms with Gasteiger partial charge in [0.05, 0.1) is 0 Å². The maximum Gasteiger partial charge on any atom is 0.135 e. The third-order valence-electron chi connectivity index (χ3n) is 16.0. The van der Waals surface area contributed by atoms with Gasteiger partial charge in [0.15, 0.2) is 0 Å². The molecular formula is C72H71N4OPt-3. The molecule has 1 aliphatic heterocycles. The van der Waals surface area contributed by atoms with Crippen LogP contribution in [0.15, 0.2) is 188 Å². The van der Waals surface area contributed by atoms with E-state index in [9.17, 15) is 0 Å². The number of anilines is 4. The number of pyridine rings is 1. The number of nitrogens with zero attached hydrogens (tertiary/aromatic N) is 4. The number of hydrogen-bond acceptors (Lipinski definition) is 4. The fourth-order valence-corrected chi connectivity index (χ4v) is 10.9. The van der Waals surface area contributed by atoms with Crippen molar-refractivity contribution < 1.29 is 25.8 Å². The Morgan fingerprint density at radius 3 is 1.67 bits per heavy atom. The Morgan fingerprint density at radius 2 is 1.03 bits per heavy atom. The Bertz CT molecular complexity index is 3820. The van der Waals surface area contributed by atoms with E-state index in [0.29, 0.717) is 11.5 Å². The molecule has 0 aliphatic carbocycles. The van der Waals surface area contributed by atoms with Crippen molar-refractivity contribution in [2.45, 2.75) is 117 Å². The minimum atomic E-state index is -0.407. The second-order valence-electron chi connectivity index (χ2n) is 25.2. The maximum atomic E-state index is 7.13. The number of hydrogen-bond donors (Lipinski definition) is 0. The summed E-state index contributed by atoms with van der Waals surface area (Å²) in [5.74, 6) is 2.04. The molecule has 3 heterocycles. The van der Waals surface area contributed by atoms with Crippen molar-refractivity contribution >= 4 is 44.6 Å². The quantitative estimate of drug-likeness (QED) is 0.128. The van der Waals surface area contributed by atoms with Gasteiger partial charge in [-0.25, -0.2) is 4.98 Å². The van der Waals surface area contributed by atoms with Gasteiger partial charge in [0.2, 0.25) is 0 Å². The molecule has 0 unspecified atom stereocenters. The number of fused-ring (bicyclic) bond motifs is 4. The molecule has 398 valence electrons. The first-order valence-electron chi connectivity index (χ1n) is 27.2. The standard InChI is InChI=1S/C72H71N4O.Pt/c1-68(2,3)52-29-33-63-62(42-52)61-32-31-59(46-65(61)76(63)67-44-53(35-36-73-67)69(4,5)6)77-60-41-56(72(12,13)51-27-21-16-22-28-51)40-58(45-60)74-47-75(57-38-49(48-23-17-14-18-24-48)37-55(39-57)70(7,8)9)66-43-54(30-34-64(66)74)71(10,11)50-25-19-15-20-26-50;/h14-44,47H,1-13H3;/q-3;. The molecule has 8 aromatic carbocycles. The molecule has 0 spiro atoms. The largest absolute Gasteiger partial charge is 0.509 e. The van der Waals surface area contributed by atoms with Gasteiger partial charge in [-0.3, -0.25) is 0 Å². The molecule has 0 amide bonds. The summed E-state index contributed by atoms with van der Waals surface area (Å²) in [6.07, 6.45) is 1.93. The molecular weight excluding hydrogens is 1130 g/mol. The van der Waals surface area contributed by atoms with Gasteiger partial charge < -0.3 is 19.1 Å². The molecule has 5 nitrogen and oxygen atoms in total. The number of benzene rings is 8. The summed E-state index contributed by atoms with van der Waals surface area (Å²) in [5.41, 5.74) is 16.1. The van der Waals surface area contributed by atoms with E-state index in [2.05, 4.69) is 305 Å². The van der Waals surface area contributed by atoms with Crippen molar-refractivity contribution in [3.8, 4) is 28.4 Å². The molecule has 1 aliphatic rings. The van der Waals surface area contributed by atoms with Gasteiger partial charge in [-0.15, -0.1) is 53.6 Å². The first kappa shape index (κ1) is 54.2. The molecule has 0 atom stereocenters. The summed E-state index contributed by atoms with van der Waals surface area (Å²) in [4.78, 5) is 9.67. The van der Waals surface area contributed by atoms with Gasteiger partial charge in [-0.1, -0.05) is 211 Å². The Labute approximate surface area is 478 Å². The van der Waals surface area contributed by atoms with Gasteiger partial charge in [0.1, 0.15) is 5.82 Å². The molecule has 2 aromatic heterocycles. The number of aromatic nitrogens is 2. The van der Waals surface area contributed by atoms with Crippen molar-refractivity contribution in [2.24, 2.45) is 0 Å². The van der Waals surface area contributed by atoms with Gasteiger partial charge in [0.25, 0.3) is 0 Å². The average molecular weight is 1200 g/mol. The molecule has 0 saturated heterocycles. The van der Waals surface area contributed by atoms with Crippen LogP contribution in [0.3, 0.4) is 0 Å². The topological polar surface area (TPSA) is 33.5 Å². The van der Waals surface area contributed by atoms with Crippen LogP contribution in [0.25, 0.3) is 38.8 Å². The Hall–Kier alpha value is -7.20. The van der Waals surface area contributed by atoms with Gasteiger partial charge >= 0.3 is 0 Å². The van der Waals surface area contributed by atoms with Crippen molar-refractivity contribution in [1.82, 2.24) is 9.55 Å². The van der Waals surface area contributed by atoms with E-state index >= 15 is 0 Å². The zero-order valence-electron chi connectivity index (χ0n) is 47.5. The van der Waals surface area contributed by atoms with E-state index in [4.69, 9.17) is 9.72 Å². The van der Waals surface area contributed by atoms with Crippen molar-refractivity contribution in [2.75, 3.05) is 9.80 Å². The summed E-state index contributed by atoms with van der Waals surface area (Å²) in [7, 11) is 0. The van der Waals surface area contributed by atoms with Crippen LogP contribution in [0.2, 0.25) is 0 Å². The summed E-state index contributed by atoms with van der Waals surface area (Å²) in [5, 5.41) is 2.25. The average Bonchev–Trinajstić information content (AvgIpc) is 3.96. The van der Waals surface area contributed by atoms with Gasteiger partial charge in [0, 0.05) is 66.8 Å². The predicted molar refractivity (Wildman–Crippen MR) is 323 cm³/mol. The summed E-state index contributed by atoms with van der Waals surface area (Å²) >= 11 is 0. The summed E-state index contributed by atoms with van der Waals surface area (Å²) in [6.45, 7) is 31.9. The van der Waals surface area contributed by atoms with E-state index in [0.717, 1.165) is 55.9 Å². The molecule has 0 bridgehead atoms. The molecule has 0 radical (unpaired) electrons. The predicted octanol–water partition coefficient (Wildman–Crippen LogP) is 19.2. The Balaban J connectivity index is 0.00000688. The van der Waals surface area contributed by atoms with Crippen LogP contribution in [-0.4, -0.2) is 9.55 Å². The second-order valence-corrected chi connectivity index (χ2v) is 25.2. The molecule has 0 N–H and O–H groups in total. The molecule has 10 aromatic rings. The van der Waals surface area contributed by atoms with Crippen molar-refractivity contribution in [3.63, 3.8) is 0 Å². The van der Waals surface area contributed by atoms with Crippen LogP contribution < -0.4 is 14.5 Å². The van der Waals surface area contributed by atoms with Crippen LogP contribution in [-0.2, 0) is 48.1 Å². The Morgan fingerprint density at radius 1 is 0.423 bits per heavy atom. The zero-order chi connectivity index (χ0) is 54.2. The van der Waals surface area contributed by atoms with Gasteiger partial charge in [-0.05, 0) is 114 Å². The van der Waals surface area contributed by atoms with E-state index in [-0.39, 0.29) is 42.7 Å². The normalized spacial score (nSPS) is 13.2. The van der Waals surface area contributed by atoms with Crippen LogP contribution in [0.1, 0.15) is 129 Å². The fourth-order valence-electron chi connectivity index (χ4n) is 10.9.